The summed E-state index contributed by atoms with van der Waals surface area (Å²) in [6.45, 7) is 12.2. The summed E-state index contributed by atoms with van der Waals surface area (Å²) in [4.78, 5) is 13.5. The summed E-state index contributed by atoms with van der Waals surface area (Å²) < 4.78 is 28.4. The molecule has 3 fully saturated rings. The fourth-order valence-corrected chi connectivity index (χ4v) is 3.13. The van der Waals surface area contributed by atoms with Crippen molar-refractivity contribution in [1.82, 2.24) is 4.90 Å². The van der Waals surface area contributed by atoms with E-state index >= 15 is 0 Å². The predicted molar refractivity (Wildman–Crippen MR) is 83.0 cm³/mol. The van der Waals surface area contributed by atoms with Crippen LogP contribution in [0.2, 0.25) is 0 Å². The largest absolute Gasteiger partial charge is 0.441 e. The first-order valence-electron chi connectivity index (χ1n) is 8.25. The number of carbonyl (C=O) groups excluding carboxylic acids is 1. The Morgan fingerprint density at radius 1 is 0.957 bits per heavy atom. The number of cyclic esters (lactones) is 1. The topological polar surface area (TPSA) is 66.5 Å². The van der Waals surface area contributed by atoms with Gasteiger partial charge in [-0.1, -0.05) is 13.8 Å². The van der Waals surface area contributed by atoms with Gasteiger partial charge in [-0.25, -0.2) is 4.79 Å². The Morgan fingerprint density at radius 2 is 1.43 bits per heavy atom. The zero-order valence-electron chi connectivity index (χ0n) is 15.1. The van der Waals surface area contributed by atoms with Gasteiger partial charge < -0.3 is 28.6 Å². The molecule has 7 nitrogen and oxygen atoms in total. The second-order valence-corrected chi connectivity index (χ2v) is 6.68. The molecule has 0 N–H and O–H groups in total. The third kappa shape index (κ3) is 3.79. The van der Waals surface area contributed by atoms with Crippen molar-refractivity contribution in [3.05, 3.63) is 0 Å². The molecule has 0 radical (unpaired) electrons. The number of nitrogens with zero attached hydrogens (tertiary/aromatic N) is 1. The lowest BCUT2D eigenvalue weighted by molar-refractivity contribution is -0.161. The number of carbonyl (C=O) groups is 1. The number of hydrogen-bond donors (Lipinski definition) is 0. The molecular weight excluding hydrogens is 302 g/mol. The molecule has 23 heavy (non-hydrogen) atoms. The van der Waals surface area contributed by atoms with Crippen LogP contribution >= 0.6 is 0 Å². The van der Waals surface area contributed by atoms with Crippen LogP contribution in [0, 0.1) is 0 Å². The Kier molecular flexibility index (Phi) is 5.25. The lowest BCUT2D eigenvalue weighted by Gasteiger charge is -2.29. The lowest BCUT2D eigenvalue weighted by atomic mass is 10.0. The summed E-state index contributed by atoms with van der Waals surface area (Å²) in [5.41, 5.74) is 0. The Labute approximate surface area is 138 Å². The quantitative estimate of drug-likeness (QED) is 0.772. The van der Waals surface area contributed by atoms with Crippen LogP contribution in [0.25, 0.3) is 0 Å². The molecule has 4 atom stereocenters. The van der Waals surface area contributed by atoms with Crippen LogP contribution < -0.4 is 0 Å². The van der Waals surface area contributed by atoms with Gasteiger partial charge in [0, 0.05) is 7.05 Å². The Balaban J connectivity index is 0.000000924. The number of amides is 1. The highest BCUT2D eigenvalue weighted by Crippen LogP contribution is 2.36. The van der Waals surface area contributed by atoms with Gasteiger partial charge in [-0.2, -0.15) is 0 Å². The van der Waals surface area contributed by atoms with Crippen molar-refractivity contribution in [3.8, 4) is 0 Å². The standard InChI is InChI=1S/C14H23NO6.C2H6/c1-13(2)17-6-8(20-13)10-11(19-12(16)15(10)5)9-7-18-14(3,4)21-9;1-2/h8-11H,6-7H2,1-5H3;1-2H3/t8?,9?,10-,11-;/m1./s1. The van der Waals surface area contributed by atoms with Crippen LogP contribution in [0.5, 0.6) is 0 Å². The van der Waals surface area contributed by atoms with E-state index in [1.165, 1.54) is 0 Å². The minimum absolute atomic E-state index is 0.242. The zero-order valence-corrected chi connectivity index (χ0v) is 15.1. The van der Waals surface area contributed by atoms with Gasteiger partial charge in [0.05, 0.1) is 13.2 Å². The van der Waals surface area contributed by atoms with Crippen molar-refractivity contribution in [2.75, 3.05) is 20.3 Å². The Bertz CT molecular complexity index is 438. The van der Waals surface area contributed by atoms with Crippen LogP contribution in [0.1, 0.15) is 41.5 Å². The van der Waals surface area contributed by atoms with E-state index in [0.717, 1.165) is 0 Å². The van der Waals surface area contributed by atoms with E-state index in [1.807, 2.05) is 41.5 Å². The normalized spacial score (nSPS) is 38.2. The molecule has 2 unspecified atom stereocenters. The van der Waals surface area contributed by atoms with Crippen molar-refractivity contribution < 1.29 is 28.5 Å². The third-order valence-electron chi connectivity index (χ3n) is 4.12. The molecule has 3 rings (SSSR count). The zero-order chi connectivity index (χ0) is 17.4. The minimum Gasteiger partial charge on any atom is -0.441 e. The molecule has 0 aromatic carbocycles. The van der Waals surface area contributed by atoms with E-state index in [4.69, 9.17) is 23.7 Å². The SMILES string of the molecule is CC.CN1C(=O)O[C@H](C2COC(C)(C)O2)[C@H]1C1COC(C)(C)O1. The summed E-state index contributed by atoms with van der Waals surface area (Å²) >= 11 is 0. The molecule has 0 spiro atoms. The number of ether oxygens (including phenoxy) is 5. The van der Waals surface area contributed by atoms with Crippen LogP contribution in [0.4, 0.5) is 4.79 Å². The maximum absolute atomic E-state index is 11.9. The predicted octanol–water partition coefficient (Wildman–Crippen LogP) is 2.13. The highest BCUT2D eigenvalue weighted by molar-refractivity contribution is 5.70. The van der Waals surface area contributed by atoms with Crippen molar-refractivity contribution in [2.45, 2.75) is 77.5 Å². The van der Waals surface area contributed by atoms with Crippen LogP contribution in [-0.4, -0.2) is 67.2 Å². The monoisotopic (exact) mass is 331 g/mol. The van der Waals surface area contributed by atoms with E-state index in [1.54, 1.807) is 11.9 Å². The van der Waals surface area contributed by atoms with Gasteiger partial charge in [0.2, 0.25) is 0 Å². The van der Waals surface area contributed by atoms with E-state index in [9.17, 15) is 4.79 Å². The molecule has 3 aliphatic heterocycles. The number of likely N-dealkylation sites (N-methyl/N-ethyl adjacent to an activating group) is 1. The van der Waals surface area contributed by atoms with Gasteiger partial charge in [0.1, 0.15) is 18.2 Å². The molecule has 0 aliphatic carbocycles. The van der Waals surface area contributed by atoms with E-state index < -0.39 is 17.7 Å². The van der Waals surface area contributed by atoms with Gasteiger partial charge >= 0.3 is 6.09 Å². The van der Waals surface area contributed by atoms with Gasteiger partial charge in [-0.3, -0.25) is 0 Å². The average molecular weight is 331 g/mol. The number of hydrogen-bond acceptors (Lipinski definition) is 6. The summed E-state index contributed by atoms with van der Waals surface area (Å²) in [5, 5.41) is 0. The van der Waals surface area contributed by atoms with Crippen LogP contribution in [0.3, 0.4) is 0 Å². The fourth-order valence-electron chi connectivity index (χ4n) is 3.13. The van der Waals surface area contributed by atoms with Crippen molar-refractivity contribution >= 4 is 6.09 Å². The van der Waals surface area contributed by atoms with E-state index in [2.05, 4.69) is 0 Å². The lowest BCUT2D eigenvalue weighted by Crippen LogP contribution is -2.50. The first-order valence-corrected chi connectivity index (χ1v) is 8.25. The molecule has 0 aromatic rings. The van der Waals surface area contributed by atoms with Gasteiger partial charge in [0.15, 0.2) is 17.7 Å². The minimum atomic E-state index is -0.658. The number of rotatable bonds is 2. The second kappa shape index (κ2) is 6.55. The highest BCUT2D eigenvalue weighted by Gasteiger charge is 2.54. The molecule has 0 aromatic heterocycles. The molecule has 0 saturated carbocycles. The molecule has 3 saturated heterocycles. The summed E-state index contributed by atoms with van der Waals surface area (Å²) in [6.07, 6.45) is -1.33. The molecule has 3 heterocycles. The summed E-state index contributed by atoms with van der Waals surface area (Å²) in [6, 6.07) is -0.248. The van der Waals surface area contributed by atoms with Gasteiger partial charge in [0.25, 0.3) is 0 Å². The van der Waals surface area contributed by atoms with Crippen molar-refractivity contribution in [1.29, 1.82) is 0 Å². The Hall–Kier alpha value is -0.890. The highest BCUT2D eigenvalue weighted by atomic mass is 16.8. The molecule has 7 heteroatoms. The van der Waals surface area contributed by atoms with Crippen LogP contribution in [-0.2, 0) is 23.7 Å². The first kappa shape index (κ1) is 18.4. The van der Waals surface area contributed by atoms with E-state index in [0.29, 0.717) is 13.2 Å². The van der Waals surface area contributed by atoms with Crippen LogP contribution in [0.15, 0.2) is 0 Å². The van der Waals surface area contributed by atoms with Gasteiger partial charge in [-0.15, -0.1) is 0 Å². The smallest absolute Gasteiger partial charge is 0.410 e. The summed E-state index contributed by atoms with van der Waals surface area (Å²) in [7, 11) is 1.71. The van der Waals surface area contributed by atoms with E-state index in [-0.39, 0.29) is 24.3 Å². The first-order chi connectivity index (χ1) is 10.7. The van der Waals surface area contributed by atoms with Gasteiger partial charge in [-0.05, 0) is 27.7 Å². The molecule has 1 amide bonds. The Morgan fingerprint density at radius 3 is 1.87 bits per heavy atom. The van der Waals surface area contributed by atoms with Crippen molar-refractivity contribution in [2.24, 2.45) is 0 Å². The third-order valence-corrected chi connectivity index (χ3v) is 4.12. The maximum atomic E-state index is 11.9. The average Bonchev–Trinajstić information content (AvgIpc) is 3.10. The second-order valence-electron chi connectivity index (χ2n) is 6.68. The molecule has 0 bridgehead atoms. The molecule has 134 valence electrons. The fraction of sp³-hybridized carbons (Fsp3) is 0.938. The summed E-state index contributed by atoms with van der Waals surface area (Å²) in [5.74, 6) is -1.30. The maximum Gasteiger partial charge on any atom is 0.410 e. The van der Waals surface area contributed by atoms with Crippen molar-refractivity contribution in [3.63, 3.8) is 0 Å². The molecule has 3 aliphatic rings. The molecular formula is C16H29NO6.